The van der Waals surface area contributed by atoms with Crippen molar-refractivity contribution in [1.82, 2.24) is 14.7 Å². The lowest BCUT2D eigenvalue weighted by Crippen LogP contribution is -2.28. The summed E-state index contributed by atoms with van der Waals surface area (Å²) in [5.41, 5.74) is 4.80. The molecule has 1 amide bonds. The second kappa shape index (κ2) is 6.78. The third kappa shape index (κ3) is 3.08. The minimum absolute atomic E-state index is 0.158. The SMILES string of the molecule is Cc1ccc(C)c(C(=O)N2C=C(C#N)c3nn(-c4ccc(F)cc4)cc3C2)c1. The van der Waals surface area contributed by atoms with Gasteiger partial charge in [-0.15, -0.1) is 0 Å². The van der Waals surface area contributed by atoms with Crippen molar-refractivity contribution in [3.63, 3.8) is 0 Å². The van der Waals surface area contributed by atoms with Crippen molar-refractivity contribution in [2.45, 2.75) is 20.4 Å². The Hall–Kier alpha value is -3.72. The molecule has 5 nitrogen and oxygen atoms in total. The van der Waals surface area contributed by atoms with Gasteiger partial charge in [-0.3, -0.25) is 4.79 Å². The van der Waals surface area contributed by atoms with E-state index in [4.69, 9.17) is 0 Å². The average Bonchev–Trinajstić information content (AvgIpc) is 3.13. The van der Waals surface area contributed by atoms with E-state index in [1.807, 2.05) is 32.0 Å². The molecule has 138 valence electrons. The van der Waals surface area contributed by atoms with Gasteiger partial charge in [0.2, 0.25) is 0 Å². The van der Waals surface area contributed by atoms with E-state index in [2.05, 4.69) is 11.2 Å². The van der Waals surface area contributed by atoms with E-state index in [-0.39, 0.29) is 11.7 Å². The van der Waals surface area contributed by atoms with E-state index < -0.39 is 0 Å². The number of hydrogen-bond donors (Lipinski definition) is 0. The molecule has 1 aliphatic rings. The number of halogens is 1. The fourth-order valence-electron chi connectivity index (χ4n) is 3.26. The number of amides is 1. The predicted molar refractivity (Wildman–Crippen MR) is 103 cm³/mol. The summed E-state index contributed by atoms with van der Waals surface area (Å²) in [7, 11) is 0. The first-order valence-corrected chi connectivity index (χ1v) is 8.81. The lowest BCUT2D eigenvalue weighted by atomic mass is 10.0. The van der Waals surface area contributed by atoms with Crippen LogP contribution in [0.5, 0.6) is 0 Å². The molecule has 2 aromatic carbocycles. The van der Waals surface area contributed by atoms with Gasteiger partial charge in [-0.2, -0.15) is 10.4 Å². The lowest BCUT2D eigenvalue weighted by molar-refractivity contribution is 0.0811. The van der Waals surface area contributed by atoms with Crippen LogP contribution in [-0.4, -0.2) is 20.6 Å². The highest BCUT2D eigenvalue weighted by Gasteiger charge is 2.26. The van der Waals surface area contributed by atoms with Gasteiger partial charge < -0.3 is 4.90 Å². The van der Waals surface area contributed by atoms with Crippen LogP contribution >= 0.6 is 0 Å². The van der Waals surface area contributed by atoms with E-state index in [0.717, 1.165) is 16.7 Å². The van der Waals surface area contributed by atoms with Gasteiger partial charge in [0.25, 0.3) is 5.91 Å². The fourth-order valence-corrected chi connectivity index (χ4v) is 3.26. The molecule has 2 heterocycles. The number of nitrogens with zero attached hydrogens (tertiary/aromatic N) is 4. The Kier molecular flexibility index (Phi) is 4.28. The number of nitriles is 1. The number of carbonyl (C=O) groups excluding carboxylic acids is 1. The van der Waals surface area contributed by atoms with Gasteiger partial charge in [-0.1, -0.05) is 17.7 Å². The summed E-state index contributed by atoms with van der Waals surface area (Å²) in [5.74, 6) is -0.488. The summed E-state index contributed by atoms with van der Waals surface area (Å²) in [6.07, 6.45) is 3.32. The molecule has 0 saturated heterocycles. The van der Waals surface area contributed by atoms with Crippen LogP contribution in [0.2, 0.25) is 0 Å². The molecule has 6 heteroatoms. The molecular weight excluding hydrogens is 355 g/mol. The molecule has 28 heavy (non-hydrogen) atoms. The third-order valence-corrected chi connectivity index (χ3v) is 4.77. The van der Waals surface area contributed by atoms with Crippen molar-refractivity contribution >= 4 is 11.5 Å². The molecule has 0 saturated carbocycles. The maximum Gasteiger partial charge on any atom is 0.258 e. The van der Waals surface area contributed by atoms with Crippen LogP contribution < -0.4 is 0 Å². The molecule has 1 aliphatic heterocycles. The van der Waals surface area contributed by atoms with E-state index in [1.54, 1.807) is 34.1 Å². The second-order valence-corrected chi connectivity index (χ2v) is 6.83. The smallest absolute Gasteiger partial charge is 0.258 e. The van der Waals surface area contributed by atoms with Crippen LogP contribution in [0.1, 0.15) is 32.7 Å². The van der Waals surface area contributed by atoms with Gasteiger partial charge in [0.1, 0.15) is 17.6 Å². The summed E-state index contributed by atoms with van der Waals surface area (Å²) in [4.78, 5) is 14.6. The minimum Gasteiger partial charge on any atom is -0.309 e. The quantitative estimate of drug-likeness (QED) is 0.679. The Morgan fingerprint density at radius 2 is 1.93 bits per heavy atom. The monoisotopic (exact) mass is 372 g/mol. The number of rotatable bonds is 2. The molecule has 0 atom stereocenters. The predicted octanol–water partition coefficient (Wildman–Crippen LogP) is 4.15. The average molecular weight is 372 g/mol. The third-order valence-electron chi connectivity index (χ3n) is 4.77. The molecule has 3 aromatic rings. The van der Waals surface area contributed by atoms with E-state index in [1.165, 1.54) is 12.1 Å². The first kappa shape index (κ1) is 17.7. The summed E-state index contributed by atoms with van der Waals surface area (Å²) >= 11 is 0. The number of allylic oxidation sites excluding steroid dienone is 1. The van der Waals surface area contributed by atoms with Crippen molar-refractivity contribution in [2.75, 3.05) is 0 Å². The maximum absolute atomic E-state index is 13.2. The van der Waals surface area contributed by atoms with Crippen molar-refractivity contribution in [1.29, 1.82) is 5.26 Å². The molecule has 4 rings (SSSR count). The van der Waals surface area contributed by atoms with Gasteiger partial charge in [0.05, 0.1) is 17.8 Å². The van der Waals surface area contributed by atoms with Gasteiger partial charge >= 0.3 is 0 Å². The van der Waals surface area contributed by atoms with Crippen LogP contribution in [0.25, 0.3) is 11.3 Å². The van der Waals surface area contributed by atoms with Crippen molar-refractivity contribution < 1.29 is 9.18 Å². The summed E-state index contributed by atoms with van der Waals surface area (Å²) in [6.45, 7) is 4.14. The Morgan fingerprint density at radius 1 is 1.18 bits per heavy atom. The van der Waals surface area contributed by atoms with E-state index >= 15 is 0 Å². The van der Waals surface area contributed by atoms with Crippen LogP contribution in [0.3, 0.4) is 0 Å². The zero-order chi connectivity index (χ0) is 19.8. The van der Waals surface area contributed by atoms with E-state index in [9.17, 15) is 14.4 Å². The summed E-state index contributed by atoms with van der Waals surface area (Å²) in [5, 5.41) is 14.0. The Balaban J connectivity index is 1.71. The van der Waals surface area contributed by atoms with Gasteiger partial charge in [-0.05, 0) is 49.7 Å². The lowest BCUT2D eigenvalue weighted by Gasteiger charge is -2.23. The Morgan fingerprint density at radius 3 is 2.64 bits per heavy atom. The first-order chi connectivity index (χ1) is 13.5. The fraction of sp³-hybridized carbons (Fsp3) is 0.136. The van der Waals surface area contributed by atoms with Crippen molar-refractivity contribution in [3.8, 4) is 11.8 Å². The number of benzene rings is 2. The largest absolute Gasteiger partial charge is 0.309 e. The number of aryl methyl sites for hydroxylation is 2. The van der Waals surface area contributed by atoms with Gasteiger partial charge in [0.15, 0.2) is 0 Å². The van der Waals surface area contributed by atoms with Crippen molar-refractivity contribution in [2.24, 2.45) is 0 Å². The number of fused-ring (bicyclic) bond motifs is 1. The summed E-state index contributed by atoms with van der Waals surface area (Å²) < 4.78 is 14.8. The molecule has 0 radical (unpaired) electrons. The van der Waals surface area contributed by atoms with E-state index in [0.29, 0.717) is 29.1 Å². The molecule has 0 spiro atoms. The standard InChI is InChI=1S/C22H17FN4O/c1-14-3-4-15(2)20(9-14)22(28)26-11-16(10-24)21-17(12-26)13-27(25-21)19-7-5-18(23)6-8-19/h3-9,11,13H,12H2,1-2H3. The molecule has 1 aromatic heterocycles. The zero-order valence-electron chi connectivity index (χ0n) is 15.5. The van der Waals surface area contributed by atoms with Crippen molar-refractivity contribution in [3.05, 3.63) is 88.6 Å². The highest BCUT2D eigenvalue weighted by Crippen LogP contribution is 2.28. The number of aromatic nitrogens is 2. The topological polar surface area (TPSA) is 61.9 Å². The summed E-state index contributed by atoms with van der Waals surface area (Å²) in [6, 6.07) is 13.8. The zero-order valence-corrected chi connectivity index (χ0v) is 15.5. The highest BCUT2D eigenvalue weighted by atomic mass is 19.1. The normalized spacial score (nSPS) is 12.9. The van der Waals surface area contributed by atoms with Crippen LogP contribution in [0.4, 0.5) is 4.39 Å². The van der Waals surface area contributed by atoms with Crippen LogP contribution in [0.15, 0.2) is 54.9 Å². The number of carbonyl (C=O) groups is 1. The molecular formula is C22H17FN4O. The molecule has 0 unspecified atom stereocenters. The highest BCUT2D eigenvalue weighted by molar-refractivity contribution is 5.98. The van der Waals surface area contributed by atoms with Crippen LogP contribution in [-0.2, 0) is 6.54 Å². The second-order valence-electron chi connectivity index (χ2n) is 6.83. The molecule has 0 fully saturated rings. The number of hydrogen-bond acceptors (Lipinski definition) is 3. The maximum atomic E-state index is 13.2. The van der Waals surface area contributed by atoms with Gasteiger partial charge in [0, 0.05) is 23.5 Å². The first-order valence-electron chi connectivity index (χ1n) is 8.81. The van der Waals surface area contributed by atoms with Crippen LogP contribution in [0, 0.1) is 31.0 Å². The minimum atomic E-state index is -0.330. The Bertz CT molecular complexity index is 1150. The molecule has 0 aliphatic carbocycles. The Labute approximate surface area is 161 Å². The van der Waals surface area contributed by atoms with Gasteiger partial charge in [-0.25, -0.2) is 9.07 Å². The molecule has 0 N–H and O–H groups in total. The molecule has 0 bridgehead atoms.